The largest absolute Gasteiger partial charge is 0.361 e. The van der Waals surface area contributed by atoms with Crippen molar-refractivity contribution < 1.29 is 0 Å². The molecular weight excluding hydrogens is 316 g/mol. The Morgan fingerprint density at radius 3 is 3.00 bits per heavy atom. The summed E-state index contributed by atoms with van der Waals surface area (Å²) in [4.78, 5) is 7.78. The molecule has 0 radical (unpaired) electrons. The van der Waals surface area contributed by atoms with Crippen molar-refractivity contribution in [2.24, 2.45) is 4.99 Å². The number of nitrogens with one attached hydrogen (secondary N) is 3. The van der Waals surface area contributed by atoms with Gasteiger partial charge in [-0.15, -0.1) is 0 Å². The number of nitrogens with zero attached hydrogens (tertiary/aromatic N) is 1. The van der Waals surface area contributed by atoms with Gasteiger partial charge in [-0.3, -0.25) is 4.99 Å². The van der Waals surface area contributed by atoms with Crippen LogP contribution >= 0.6 is 11.8 Å². The molecule has 1 fully saturated rings. The number of rotatable bonds is 5. The lowest BCUT2D eigenvalue weighted by Gasteiger charge is -2.17. The van der Waals surface area contributed by atoms with Crippen LogP contribution in [0.2, 0.25) is 0 Å². The summed E-state index contributed by atoms with van der Waals surface area (Å²) >= 11 is 1.99. The number of fused-ring (bicyclic) bond motifs is 1. The summed E-state index contributed by atoms with van der Waals surface area (Å²) in [5.41, 5.74) is 3.91. The first-order valence-electron chi connectivity index (χ1n) is 8.76. The molecule has 4 nitrogen and oxygen atoms in total. The number of aliphatic imine (C=N–C) groups is 1. The van der Waals surface area contributed by atoms with Crippen LogP contribution in [0.4, 0.5) is 0 Å². The van der Waals surface area contributed by atoms with E-state index >= 15 is 0 Å². The van der Waals surface area contributed by atoms with Gasteiger partial charge < -0.3 is 15.6 Å². The smallest absolute Gasteiger partial charge is 0.191 e. The molecule has 1 aliphatic carbocycles. The fourth-order valence-corrected chi connectivity index (χ4v) is 4.36. The summed E-state index contributed by atoms with van der Waals surface area (Å²) in [5, 5.41) is 9.17. The summed E-state index contributed by atoms with van der Waals surface area (Å²) in [6.07, 6.45) is 9.13. The average Bonchev–Trinajstić information content (AvgIpc) is 3.21. The third-order valence-electron chi connectivity index (χ3n) is 4.98. The number of hydrogen-bond donors (Lipinski definition) is 3. The molecule has 0 bridgehead atoms. The van der Waals surface area contributed by atoms with E-state index in [1.807, 2.05) is 18.8 Å². The van der Waals surface area contributed by atoms with Crippen LogP contribution in [0.3, 0.4) is 0 Å². The molecule has 1 saturated carbocycles. The molecule has 5 heteroatoms. The van der Waals surface area contributed by atoms with Crippen LogP contribution in [0.25, 0.3) is 10.9 Å². The van der Waals surface area contributed by atoms with Crippen LogP contribution in [0, 0.1) is 6.92 Å². The van der Waals surface area contributed by atoms with Crippen LogP contribution in [0.5, 0.6) is 0 Å². The molecule has 2 atom stereocenters. The second-order valence-electron chi connectivity index (χ2n) is 6.57. The molecule has 3 rings (SSSR count). The van der Waals surface area contributed by atoms with E-state index in [1.54, 1.807) is 0 Å². The fraction of sp³-hybridized carbons (Fsp3) is 0.526. The second kappa shape index (κ2) is 7.97. The Kier molecular flexibility index (Phi) is 5.72. The molecule has 130 valence electrons. The van der Waals surface area contributed by atoms with Gasteiger partial charge in [0.25, 0.3) is 0 Å². The molecule has 0 aliphatic heterocycles. The number of aromatic amines is 1. The second-order valence-corrected chi connectivity index (χ2v) is 7.71. The highest BCUT2D eigenvalue weighted by Gasteiger charge is 2.24. The minimum atomic E-state index is 0.560. The third-order valence-corrected chi connectivity index (χ3v) is 6.07. The number of benzene rings is 1. The van der Waals surface area contributed by atoms with Gasteiger partial charge in [-0.05, 0) is 50.0 Å². The zero-order valence-corrected chi connectivity index (χ0v) is 15.7. The maximum Gasteiger partial charge on any atom is 0.191 e. The van der Waals surface area contributed by atoms with E-state index < -0.39 is 0 Å². The number of aryl methyl sites for hydroxylation is 1. The zero-order valence-electron chi connectivity index (χ0n) is 14.9. The Morgan fingerprint density at radius 1 is 1.38 bits per heavy atom. The topological polar surface area (TPSA) is 52.2 Å². The Morgan fingerprint density at radius 2 is 2.25 bits per heavy atom. The highest BCUT2D eigenvalue weighted by Crippen LogP contribution is 2.28. The number of aromatic nitrogens is 1. The van der Waals surface area contributed by atoms with Crippen LogP contribution in [-0.2, 0) is 6.42 Å². The van der Waals surface area contributed by atoms with E-state index in [0.29, 0.717) is 6.04 Å². The number of hydrogen-bond acceptors (Lipinski definition) is 2. The highest BCUT2D eigenvalue weighted by molar-refractivity contribution is 7.99. The highest BCUT2D eigenvalue weighted by atomic mass is 32.2. The molecule has 1 heterocycles. The Balaban J connectivity index is 1.52. The monoisotopic (exact) mass is 344 g/mol. The van der Waals surface area contributed by atoms with Gasteiger partial charge in [0.05, 0.1) is 0 Å². The van der Waals surface area contributed by atoms with Gasteiger partial charge in [0.15, 0.2) is 5.96 Å². The Bertz CT molecular complexity index is 706. The fourth-order valence-electron chi connectivity index (χ4n) is 3.56. The van der Waals surface area contributed by atoms with Gasteiger partial charge in [-0.1, -0.05) is 18.2 Å². The van der Waals surface area contributed by atoms with E-state index in [4.69, 9.17) is 0 Å². The normalized spacial score (nSPS) is 21.4. The molecule has 0 amide bonds. The van der Waals surface area contributed by atoms with Crippen molar-refractivity contribution in [3.8, 4) is 0 Å². The molecule has 0 spiro atoms. The minimum Gasteiger partial charge on any atom is -0.361 e. The van der Waals surface area contributed by atoms with Crippen molar-refractivity contribution in [2.45, 2.75) is 43.9 Å². The maximum absolute atomic E-state index is 4.38. The van der Waals surface area contributed by atoms with Crippen molar-refractivity contribution in [1.29, 1.82) is 0 Å². The van der Waals surface area contributed by atoms with Crippen LogP contribution in [-0.4, -0.2) is 42.1 Å². The molecule has 24 heavy (non-hydrogen) atoms. The number of H-pyrrole nitrogens is 1. The lowest BCUT2D eigenvalue weighted by atomic mass is 10.1. The van der Waals surface area contributed by atoms with Crippen LogP contribution in [0.1, 0.15) is 30.4 Å². The van der Waals surface area contributed by atoms with Crippen molar-refractivity contribution in [1.82, 2.24) is 15.6 Å². The molecule has 1 aliphatic rings. The summed E-state index contributed by atoms with van der Waals surface area (Å²) < 4.78 is 0. The summed E-state index contributed by atoms with van der Waals surface area (Å²) in [5.74, 6) is 0.928. The Hall–Kier alpha value is -1.62. The molecule has 1 aromatic carbocycles. The molecule has 0 saturated heterocycles. The lowest BCUT2D eigenvalue weighted by molar-refractivity contribution is 0.615. The number of para-hydroxylation sites is 1. The standard InChI is InChI=1S/C19H28N4S/c1-13-5-4-6-17-14(12-22-18(13)17)9-10-21-19(20-2)23-15-7-8-16(11-15)24-3/h4-6,12,15-16,22H,7-11H2,1-3H3,(H2,20,21,23). The predicted octanol–water partition coefficient (Wildman–Crippen LogP) is 3.47. The molecule has 2 unspecified atom stereocenters. The minimum absolute atomic E-state index is 0.560. The van der Waals surface area contributed by atoms with Crippen molar-refractivity contribution in [3.05, 3.63) is 35.5 Å². The van der Waals surface area contributed by atoms with Gasteiger partial charge in [0.1, 0.15) is 0 Å². The van der Waals surface area contributed by atoms with Gasteiger partial charge in [-0.25, -0.2) is 0 Å². The Labute approximate surface area is 148 Å². The van der Waals surface area contributed by atoms with Crippen molar-refractivity contribution in [3.63, 3.8) is 0 Å². The van der Waals surface area contributed by atoms with Crippen LogP contribution in [0.15, 0.2) is 29.4 Å². The molecular formula is C19H28N4S. The number of thioether (sulfide) groups is 1. The first-order valence-corrected chi connectivity index (χ1v) is 10.1. The number of guanidine groups is 1. The van der Waals surface area contributed by atoms with Crippen molar-refractivity contribution in [2.75, 3.05) is 19.8 Å². The van der Waals surface area contributed by atoms with E-state index in [-0.39, 0.29) is 0 Å². The maximum atomic E-state index is 4.38. The van der Waals surface area contributed by atoms with Gasteiger partial charge >= 0.3 is 0 Å². The molecule has 2 aromatic rings. The first-order chi connectivity index (χ1) is 11.7. The summed E-state index contributed by atoms with van der Waals surface area (Å²) in [6.45, 7) is 3.04. The lowest BCUT2D eigenvalue weighted by Crippen LogP contribution is -2.43. The first kappa shape index (κ1) is 17.2. The summed E-state index contributed by atoms with van der Waals surface area (Å²) in [7, 11) is 1.85. The quantitative estimate of drug-likeness (QED) is 0.575. The van der Waals surface area contributed by atoms with E-state index in [0.717, 1.165) is 24.2 Å². The van der Waals surface area contributed by atoms with Crippen LogP contribution < -0.4 is 10.6 Å². The summed E-state index contributed by atoms with van der Waals surface area (Å²) in [6, 6.07) is 7.04. The van der Waals surface area contributed by atoms with E-state index in [1.165, 1.54) is 41.3 Å². The van der Waals surface area contributed by atoms with Gasteiger partial charge in [0, 0.05) is 42.0 Å². The van der Waals surface area contributed by atoms with Gasteiger partial charge in [-0.2, -0.15) is 11.8 Å². The van der Waals surface area contributed by atoms with E-state index in [9.17, 15) is 0 Å². The predicted molar refractivity (Wildman–Crippen MR) is 106 cm³/mol. The molecule has 1 aromatic heterocycles. The van der Waals surface area contributed by atoms with Gasteiger partial charge in [0.2, 0.25) is 0 Å². The average molecular weight is 345 g/mol. The zero-order chi connectivity index (χ0) is 16.9. The SMILES string of the molecule is CN=C(NCCc1c[nH]c2c(C)cccc12)NC1CCC(SC)C1. The van der Waals surface area contributed by atoms with E-state index in [2.05, 4.69) is 58.2 Å². The third kappa shape index (κ3) is 3.89. The van der Waals surface area contributed by atoms with Crippen molar-refractivity contribution >= 4 is 28.6 Å². The molecule has 3 N–H and O–H groups in total.